The largest absolute Gasteiger partial charge is 0.381 e. The van der Waals surface area contributed by atoms with Gasteiger partial charge in [-0.25, -0.2) is 0 Å². The predicted octanol–water partition coefficient (Wildman–Crippen LogP) is 1.90. The zero-order chi connectivity index (χ0) is 12.3. The molecule has 0 bridgehead atoms. The SMILES string of the molecule is Cc1nn(C)c(CNCCC2CCOC2)c1Cl. The van der Waals surface area contributed by atoms with Crippen LogP contribution in [0.4, 0.5) is 0 Å². The van der Waals surface area contributed by atoms with Crippen LogP contribution in [0.5, 0.6) is 0 Å². The lowest BCUT2D eigenvalue weighted by Gasteiger charge is -2.09. The van der Waals surface area contributed by atoms with E-state index in [0.29, 0.717) is 0 Å². The second kappa shape index (κ2) is 5.85. The first-order valence-electron chi connectivity index (χ1n) is 6.15. The van der Waals surface area contributed by atoms with Crippen LogP contribution < -0.4 is 5.32 Å². The summed E-state index contributed by atoms with van der Waals surface area (Å²) in [5.74, 6) is 0.728. The Morgan fingerprint density at radius 2 is 2.41 bits per heavy atom. The molecule has 1 fully saturated rings. The first-order valence-corrected chi connectivity index (χ1v) is 6.52. The van der Waals surface area contributed by atoms with Gasteiger partial charge in [-0.05, 0) is 32.2 Å². The first-order chi connectivity index (χ1) is 8.18. The second-order valence-electron chi connectivity index (χ2n) is 4.66. The van der Waals surface area contributed by atoms with Crippen LogP contribution in [0, 0.1) is 12.8 Å². The van der Waals surface area contributed by atoms with Crippen LogP contribution in [0.2, 0.25) is 5.02 Å². The molecule has 0 aromatic carbocycles. The number of halogens is 1. The minimum absolute atomic E-state index is 0.728. The van der Waals surface area contributed by atoms with Crippen molar-refractivity contribution in [3.8, 4) is 0 Å². The van der Waals surface area contributed by atoms with Gasteiger partial charge in [-0.1, -0.05) is 11.6 Å². The molecule has 1 aliphatic heterocycles. The summed E-state index contributed by atoms with van der Waals surface area (Å²) in [5, 5.41) is 8.50. The average Bonchev–Trinajstić information content (AvgIpc) is 2.87. The fourth-order valence-electron chi connectivity index (χ4n) is 2.20. The molecule has 96 valence electrons. The van der Waals surface area contributed by atoms with Crippen molar-refractivity contribution in [2.75, 3.05) is 19.8 Å². The van der Waals surface area contributed by atoms with Gasteiger partial charge >= 0.3 is 0 Å². The van der Waals surface area contributed by atoms with Gasteiger partial charge in [0.1, 0.15) is 0 Å². The highest BCUT2D eigenvalue weighted by molar-refractivity contribution is 6.31. The number of nitrogens with one attached hydrogen (secondary N) is 1. The Labute approximate surface area is 107 Å². The summed E-state index contributed by atoms with van der Waals surface area (Å²) < 4.78 is 7.20. The minimum Gasteiger partial charge on any atom is -0.381 e. The molecule has 1 unspecified atom stereocenters. The Morgan fingerprint density at radius 3 is 3.00 bits per heavy atom. The van der Waals surface area contributed by atoms with Crippen LogP contribution in [-0.4, -0.2) is 29.5 Å². The average molecular weight is 258 g/mol. The van der Waals surface area contributed by atoms with E-state index in [1.807, 2.05) is 18.7 Å². The van der Waals surface area contributed by atoms with E-state index in [4.69, 9.17) is 16.3 Å². The van der Waals surface area contributed by atoms with Crippen LogP contribution in [-0.2, 0) is 18.3 Å². The van der Waals surface area contributed by atoms with Gasteiger partial charge in [0, 0.05) is 26.8 Å². The van der Waals surface area contributed by atoms with Crippen LogP contribution in [0.3, 0.4) is 0 Å². The van der Waals surface area contributed by atoms with Crippen LogP contribution in [0.1, 0.15) is 24.2 Å². The van der Waals surface area contributed by atoms with E-state index in [-0.39, 0.29) is 0 Å². The molecule has 17 heavy (non-hydrogen) atoms. The van der Waals surface area contributed by atoms with E-state index in [0.717, 1.165) is 48.6 Å². The summed E-state index contributed by atoms with van der Waals surface area (Å²) >= 11 is 6.18. The van der Waals surface area contributed by atoms with E-state index in [1.165, 1.54) is 12.8 Å². The molecule has 0 amide bonds. The van der Waals surface area contributed by atoms with E-state index in [9.17, 15) is 0 Å². The summed E-state index contributed by atoms with van der Waals surface area (Å²) in [4.78, 5) is 0. The van der Waals surface area contributed by atoms with Gasteiger partial charge < -0.3 is 10.1 Å². The van der Waals surface area contributed by atoms with Gasteiger partial charge in [-0.2, -0.15) is 5.10 Å². The Morgan fingerprint density at radius 1 is 1.59 bits per heavy atom. The molecular weight excluding hydrogens is 238 g/mol. The molecule has 5 heteroatoms. The van der Waals surface area contributed by atoms with Crippen LogP contribution >= 0.6 is 11.6 Å². The minimum atomic E-state index is 0.728. The van der Waals surface area contributed by atoms with E-state index < -0.39 is 0 Å². The molecule has 1 atom stereocenters. The quantitative estimate of drug-likeness (QED) is 0.819. The third-order valence-corrected chi connectivity index (χ3v) is 3.80. The van der Waals surface area contributed by atoms with Gasteiger partial charge in [0.25, 0.3) is 0 Å². The zero-order valence-electron chi connectivity index (χ0n) is 10.5. The lowest BCUT2D eigenvalue weighted by atomic mass is 10.1. The normalized spacial score (nSPS) is 20.1. The van der Waals surface area contributed by atoms with Gasteiger partial charge in [0.2, 0.25) is 0 Å². The van der Waals surface area contributed by atoms with E-state index in [2.05, 4.69) is 10.4 Å². The summed E-state index contributed by atoms with van der Waals surface area (Å²) in [5.41, 5.74) is 1.96. The molecule has 4 nitrogen and oxygen atoms in total. The maximum Gasteiger partial charge on any atom is 0.0860 e. The fraction of sp³-hybridized carbons (Fsp3) is 0.750. The monoisotopic (exact) mass is 257 g/mol. The predicted molar refractivity (Wildman–Crippen MR) is 68.2 cm³/mol. The lowest BCUT2D eigenvalue weighted by Crippen LogP contribution is -2.19. The number of nitrogens with zero attached hydrogens (tertiary/aromatic N) is 2. The van der Waals surface area contributed by atoms with Crippen molar-refractivity contribution in [3.05, 3.63) is 16.4 Å². The molecule has 2 heterocycles. The number of aryl methyl sites for hydroxylation is 2. The molecule has 0 spiro atoms. The van der Waals surface area contributed by atoms with E-state index in [1.54, 1.807) is 0 Å². The Balaban J connectivity index is 1.74. The third-order valence-electron chi connectivity index (χ3n) is 3.31. The molecular formula is C12H20ClN3O. The van der Waals surface area contributed by atoms with Crippen molar-refractivity contribution in [2.45, 2.75) is 26.3 Å². The van der Waals surface area contributed by atoms with E-state index >= 15 is 0 Å². The molecule has 1 saturated heterocycles. The summed E-state index contributed by atoms with van der Waals surface area (Å²) in [6.45, 7) is 5.57. The maximum absolute atomic E-state index is 6.18. The number of aromatic nitrogens is 2. The number of hydrogen-bond acceptors (Lipinski definition) is 3. The van der Waals surface area contributed by atoms with Crippen molar-refractivity contribution < 1.29 is 4.74 Å². The maximum atomic E-state index is 6.18. The fourth-order valence-corrected chi connectivity index (χ4v) is 2.42. The molecule has 0 aliphatic carbocycles. The van der Waals surface area contributed by atoms with Gasteiger partial charge in [-0.3, -0.25) is 4.68 Å². The number of ether oxygens (including phenoxy) is 1. The Hall–Kier alpha value is -0.580. The molecule has 1 aromatic rings. The van der Waals surface area contributed by atoms with Crippen molar-refractivity contribution in [1.29, 1.82) is 0 Å². The number of rotatable bonds is 5. The molecule has 1 aromatic heterocycles. The lowest BCUT2D eigenvalue weighted by molar-refractivity contribution is 0.184. The smallest absolute Gasteiger partial charge is 0.0860 e. The standard InChI is InChI=1S/C12H20ClN3O/c1-9-12(13)11(16(2)15-9)7-14-5-3-10-4-6-17-8-10/h10,14H,3-8H2,1-2H3. The summed E-state index contributed by atoms with van der Waals surface area (Å²) in [6.07, 6.45) is 2.38. The molecule has 1 N–H and O–H groups in total. The summed E-state index contributed by atoms with van der Waals surface area (Å²) in [6, 6.07) is 0. The number of hydrogen-bond donors (Lipinski definition) is 1. The third kappa shape index (κ3) is 3.21. The highest BCUT2D eigenvalue weighted by Gasteiger charge is 2.15. The first kappa shape index (κ1) is 12.9. The Bertz CT molecular complexity index is 372. The second-order valence-corrected chi connectivity index (χ2v) is 5.04. The molecule has 2 rings (SSSR count). The topological polar surface area (TPSA) is 39.1 Å². The van der Waals surface area contributed by atoms with Crippen molar-refractivity contribution >= 4 is 11.6 Å². The van der Waals surface area contributed by atoms with Crippen LogP contribution in [0.15, 0.2) is 0 Å². The molecule has 1 aliphatic rings. The zero-order valence-corrected chi connectivity index (χ0v) is 11.3. The summed E-state index contributed by atoms with van der Waals surface area (Å²) in [7, 11) is 1.93. The van der Waals surface area contributed by atoms with Crippen molar-refractivity contribution in [3.63, 3.8) is 0 Å². The van der Waals surface area contributed by atoms with Gasteiger partial charge in [-0.15, -0.1) is 0 Å². The molecule has 0 saturated carbocycles. The van der Waals surface area contributed by atoms with Gasteiger partial charge in [0.05, 0.1) is 16.4 Å². The Kier molecular flexibility index (Phi) is 4.42. The van der Waals surface area contributed by atoms with Gasteiger partial charge in [0.15, 0.2) is 0 Å². The van der Waals surface area contributed by atoms with Crippen LogP contribution in [0.25, 0.3) is 0 Å². The van der Waals surface area contributed by atoms with Crippen molar-refractivity contribution in [2.24, 2.45) is 13.0 Å². The molecule has 0 radical (unpaired) electrons. The highest BCUT2D eigenvalue weighted by atomic mass is 35.5. The highest BCUT2D eigenvalue weighted by Crippen LogP contribution is 2.19. The van der Waals surface area contributed by atoms with Crippen molar-refractivity contribution in [1.82, 2.24) is 15.1 Å².